The van der Waals surface area contributed by atoms with Crippen molar-refractivity contribution >= 4 is 23.9 Å². The van der Waals surface area contributed by atoms with E-state index in [0.29, 0.717) is 25.7 Å². The predicted molar refractivity (Wildman–Crippen MR) is 130 cm³/mol. The van der Waals surface area contributed by atoms with Gasteiger partial charge in [0.25, 0.3) is 11.8 Å². The summed E-state index contributed by atoms with van der Waals surface area (Å²) in [5, 5.41) is 0. The molecule has 1 aromatic rings. The second kappa shape index (κ2) is 15.0. The van der Waals surface area contributed by atoms with Crippen LogP contribution >= 0.6 is 0 Å². The van der Waals surface area contributed by atoms with Gasteiger partial charge >= 0.3 is 5.97 Å². The lowest BCUT2D eigenvalue weighted by Gasteiger charge is -2.13. The molecule has 0 aromatic heterocycles. The summed E-state index contributed by atoms with van der Waals surface area (Å²) in [5.74, 6) is 0.488. The van der Waals surface area contributed by atoms with Crippen LogP contribution < -0.4 is 4.74 Å². The molecule has 1 heterocycles. The highest BCUT2D eigenvalue weighted by molar-refractivity contribution is 6.12. The zero-order chi connectivity index (χ0) is 23.9. The van der Waals surface area contributed by atoms with E-state index < -0.39 is 0 Å². The number of rotatable bonds is 16. The van der Waals surface area contributed by atoms with Gasteiger partial charge in [0.1, 0.15) is 5.75 Å². The fourth-order valence-electron chi connectivity index (χ4n) is 3.55. The lowest BCUT2D eigenvalue weighted by Crippen LogP contribution is -2.30. The summed E-state index contributed by atoms with van der Waals surface area (Å²) in [7, 11) is 0. The Morgan fingerprint density at radius 2 is 1.67 bits per heavy atom. The highest BCUT2D eigenvalue weighted by Gasteiger charge is 2.22. The fourth-order valence-corrected chi connectivity index (χ4v) is 3.55. The molecular weight excluding hydrogens is 418 g/mol. The molecule has 2 amide bonds. The molecule has 0 N–H and O–H groups in total. The van der Waals surface area contributed by atoms with E-state index in [2.05, 4.69) is 13.8 Å². The van der Waals surface area contributed by atoms with Crippen molar-refractivity contribution in [3.8, 4) is 5.75 Å². The third kappa shape index (κ3) is 10.1. The van der Waals surface area contributed by atoms with Gasteiger partial charge in [-0.2, -0.15) is 0 Å². The first kappa shape index (κ1) is 26.4. The standard InChI is InChI=1S/C27H37NO5/c1-3-5-10-22(4-2)21-33-27(31)18-13-23-11-14-24(15-12-23)32-20-9-7-6-8-19-28-25(29)16-17-26(28)30/h11-18,22H,3-10,19-21H2,1-2H3/b18-13+. The van der Waals surface area contributed by atoms with Gasteiger partial charge in [-0.3, -0.25) is 14.5 Å². The molecule has 1 aliphatic rings. The van der Waals surface area contributed by atoms with Gasteiger partial charge in [0, 0.05) is 24.8 Å². The molecular formula is C27H37NO5. The number of hydrogen-bond acceptors (Lipinski definition) is 5. The molecule has 0 saturated heterocycles. The van der Waals surface area contributed by atoms with Crippen molar-refractivity contribution in [3.63, 3.8) is 0 Å². The number of nitrogens with zero attached hydrogens (tertiary/aromatic N) is 1. The van der Waals surface area contributed by atoms with Gasteiger partial charge < -0.3 is 9.47 Å². The average Bonchev–Trinajstić information content (AvgIpc) is 3.15. The second-order valence-corrected chi connectivity index (χ2v) is 8.37. The first-order chi connectivity index (χ1) is 16.0. The van der Waals surface area contributed by atoms with E-state index in [1.165, 1.54) is 29.5 Å². The minimum absolute atomic E-state index is 0.217. The van der Waals surface area contributed by atoms with Gasteiger partial charge in [-0.15, -0.1) is 0 Å². The second-order valence-electron chi connectivity index (χ2n) is 8.37. The normalized spacial score (nSPS) is 14.3. The quantitative estimate of drug-likeness (QED) is 0.146. The minimum atomic E-state index is -0.306. The summed E-state index contributed by atoms with van der Waals surface area (Å²) >= 11 is 0. The van der Waals surface area contributed by atoms with E-state index in [4.69, 9.17) is 9.47 Å². The Labute approximate surface area is 197 Å². The maximum Gasteiger partial charge on any atom is 0.330 e. The summed E-state index contributed by atoms with van der Waals surface area (Å²) in [4.78, 5) is 36.2. The Balaban J connectivity index is 1.58. The SMILES string of the molecule is CCCCC(CC)COC(=O)/C=C/c1ccc(OCCCCCCN2C(=O)C=CC2=O)cc1. The number of carbonyl (C=O) groups is 3. The molecule has 0 spiro atoms. The summed E-state index contributed by atoms with van der Waals surface area (Å²) < 4.78 is 11.1. The molecule has 0 fully saturated rings. The molecule has 0 radical (unpaired) electrons. The van der Waals surface area contributed by atoms with Crippen molar-refractivity contribution in [1.29, 1.82) is 0 Å². The molecule has 180 valence electrons. The van der Waals surface area contributed by atoms with Gasteiger partial charge in [0.15, 0.2) is 0 Å². The van der Waals surface area contributed by atoms with Crippen molar-refractivity contribution in [2.24, 2.45) is 5.92 Å². The Morgan fingerprint density at radius 1 is 0.970 bits per heavy atom. The number of esters is 1. The molecule has 0 bridgehead atoms. The molecule has 1 aromatic carbocycles. The Hall–Kier alpha value is -2.89. The zero-order valence-electron chi connectivity index (χ0n) is 20.0. The van der Waals surface area contributed by atoms with Crippen molar-refractivity contribution in [2.45, 2.75) is 65.2 Å². The largest absolute Gasteiger partial charge is 0.494 e. The highest BCUT2D eigenvalue weighted by atomic mass is 16.5. The Bertz CT molecular complexity index is 794. The monoisotopic (exact) mass is 455 g/mol. The van der Waals surface area contributed by atoms with Crippen LogP contribution in [0.5, 0.6) is 5.75 Å². The van der Waals surface area contributed by atoms with E-state index >= 15 is 0 Å². The number of unbranched alkanes of at least 4 members (excludes halogenated alkanes) is 4. The van der Waals surface area contributed by atoms with E-state index in [1.807, 2.05) is 24.3 Å². The lowest BCUT2D eigenvalue weighted by atomic mass is 10.0. The van der Waals surface area contributed by atoms with Crippen LogP contribution in [0.1, 0.15) is 70.8 Å². The van der Waals surface area contributed by atoms with Crippen LogP contribution in [0.25, 0.3) is 6.08 Å². The van der Waals surface area contributed by atoms with Crippen molar-refractivity contribution < 1.29 is 23.9 Å². The van der Waals surface area contributed by atoms with Crippen LogP contribution in [-0.2, 0) is 19.1 Å². The average molecular weight is 456 g/mol. The molecule has 0 saturated carbocycles. The number of carbonyl (C=O) groups excluding carboxylic acids is 3. The number of amides is 2. The first-order valence-corrected chi connectivity index (χ1v) is 12.1. The van der Waals surface area contributed by atoms with E-state index in [1.54, 1.807) is 6.08 Å². The summed E-state index contributed by atoms with van der Waals surface area (Å²) in [5.41, 5.74) is 0.915. The summed E-state index contributed by atoms with van der Waals surface area (Å²) in [6, 6.07) is 7.60. The lowest BCUT2D eigenvalue weighted by molar-refractivity contribution is -0.139. The molecule has 2 rings (SSSR count). The maximum atomic E-state index is 12.0. The van der Waals surface area contributed by atoms with Crippen LogP contribution in [-0.4, -0.2) is 42.4 Å². The van der Waals surface area contributed by atoms with Crippen LogP contribution in [0.4, 0.5) is 0 Å². The van der Waals surface area contributed by atoms with Crippen LogP contribution in [0.2, 0.25) is 0 Å². The third-order valence-electron chi connectivity index (χ3n) is 5.74. The van der Waals surface area contributed by atoms with Gasteiger partial charge in [0.2, 0.25) is 0 Å². The predicted octanol–water partition coefficient (Wildman–Crippen LogP) is 5.32. The molecule has 1 aliphatic heterocycles. The number of imide groups is 1. The minimum Gasteiger partial charge on any atom is -0.494 e. The number of benzene rings is 1. The van der Waals surface area contributed by atoms with Crippen molar-refractivity contribution in [1.82, 2.24) is 4.90 Å². The molecule has 0 aliphatic carbocycles. The van der Waals surface area contributed by atoms with Gasteiger partial charge in [-0.05, 0) is 49.0 Å². The van der Waals surface area contributed by atoms with E-state index in [9.17, 15) is 14.4 Å². The van der Waals surface area contributed by atoms with Crippen LogP contribution in [0.15, 0.2) is 42.5 Å². The maximum absolute atomic E-state index is 12.0. The fraction of sp³-hybridized carbons (Fsp3) is 0.519. The van der Waals surface area contributed by atoms with Gasteiger partial charge in [0.05, 0.1) is 13.2 Å². The molecule has 6 heteroatoms. The topological polar surface area (TPSA) is 72.9 Å². The first-order valence-electron chi connectivity index (χ1n) is 12.1. The Morgan fingerprint density at radius 3 is 2.33 bits per heavy atom. The summed E-state index contributed by atoms with van der Waals surface area (Å²) in [6.07, 6.45) is 14.0. The van der Waals surface area contributed by atoms with E-state index in [-0.39, 0.29) is 17.8 Å². The molecule has 1 atom stereocenters. The third-order valence-corrected chi connectivity index (χ3v) is 5.74. The van der Waals surface area contributed by atoms with E-state index in [0.717, 1.165) is 56.3 Å². The molecule has 6 nitrogen and oxygen atoms in total. The highest BCUT2D eigenvalue weighted by Crippen LogP contribution is 2.15. The van der Waals surface area contributed by atoms with Gasteiger partial charge in [-0.25, -0.2) is 4.79 Å². The van der Waals surface area contributed by atoms with Crippen molar-refractivity contribution in [3.05, 3.63) is 48.1 Å². The molecule has 33 heavy (non-hydrogen) atoms. The number of ether oxygens (including phenoxy) is 2. The van der Waals surface area contributed by atoms with Crippen LogP contribution in [0, 0.1) is 5.92 Å². The number of hydrogen-bond donors (Lipinski definition) is 0. The van der Waals surface area contributed by atoms with Gasteiger partial charge in [-0.1, -0.05) is 58.1 Å². The smallest absolute Gasteiger partial charge is 0.330 e. The van der Waals surface area contributed by atoms with Crippen LogP contribution in [0.3, 0.4) is 0 Å². The van der Waals surface area contributed by atoms with Crippen molar-refractivity contribution in [2.75, 3.05) is 19.8 Å². The summed E-state index contributed by atoms with van der Waals surface area (Å²) in [6.45, 7) is 5.88. The molecule has 1 unspecified atom stereocenters. The Kier molecular flexibility index (Phi) is 12.0. The zero-order valence-corrected chi connectivity index (χ0v) is 20.0.